The normalized spacial score (nSPS) is 13.0. The SMILES string of the molecule is O=S(=O)(Cl)c1cc(C(O)Nc2cc(F)c(F)c(F)c2)ccc1Br. The molecule has 0 amide bonds. The van der Waals surface area contributed by atoms with E-state index in [1.54, 1.807) is 0 Å². The van der Waals surface area contributed by atoms with E-state index in [2.05, 4.69) is 21.2 Å². The van der Waals surface area contributed by atoms with E-state index in [1.165, 1.54) is 12.1 Å². The lowest BCUT2D eigenvalue weighted by atomic mass is 10.2. The number of anilines is 1. The summed E-state index contributed by atoms with van der Waals surface area (Å²) in [7, 11) is 1.19. The van der Waals surface area contributed by atoms with Crippen molar-refractivity contribution in [2.45, 2.75) is 11.1 Å². The van der Waals surface area contributed by atoms with E-state index >= 15 is 0 Å². The second kappa shape index (κ2) is 6.68. The van der Waals surface area contributed by atoms with Crippen LogP contribution in [0.4, 0.5) is 18.9 Å². The minimum Gasteiger partial charge on any atom is -0.369 e. The molecule has 2 N–H and O–H groups in total. The quantitative estimate of drug-likeness (QED) is 0.439. The van der Waals surface area contributed by atoms with Crippen molar-refractivity contribution in [2.75, 3.05) is 5.32 Å². The van der Waals surface area contributed by atoms with Crippen LogP contribution in [0.25, 0.3) is 0 Å². The van der Waals surface area contributed by atoms with Crippen LogP contribution >= 0.6 is 26.6 Å². The summed E-state index contributed by atoms with van der Waals surface area (Å²) in [5.74, 6) is -4.50. The molecule has 1 atom stereocenters. The number of hydrogen-bond acceptors (Lipinski definition) is 4. The van der Waals surface area contributed by atoms with Crippen LogP contribution < -0.4 is 5.32 Å². The van der Waals surface area contributed by atoms with Gasteiger partial charge in [0.05, 0.1) is 4.90 Å². The molecule has 0 saturated carbocycles. The van der Waals surface area contributed by atoms with Crippen LogP contribution in [0.15, 0.2) is 39.7 Å². The number of benzene rings is 2. The number of hydrogen-bond donors (Lipinski definition) is 2. The van der Waals surface area contributed by atoms with Gasteiger partial charge in [0.25, 0.3) is 9.05 Å². The number of rotatable bonds is 4. The fraction of sp³-hybridized carbons (Fsp3) is 0.0769. The maximum atomic E-state index is 13.1. The van der Waals surface area contributed by atoms with Gasteiger partial charge in [-0.1, -0.05) is 6.07 Å². The Labute approximate surface area is 142 Å². The maximum Gasteiger partial charge on any atom is 0.262 e. The van der Waals surface area contributed by atoms with Gasteiger partial charge in [-0.15, -0.1) is 0 Å². The Morgan fingerprint density at radius 1 is 1.13 bits per heavy atom. The van der Waals surface area contributed by atoms with Gasteiger partial charge < -0.3 is 10.4 Å². The van der Waals surface area contributed by atoms with Crippen molar-refractivity contribution in [3.63, 3.8) is 0 Å². The largest absolute Gasteiger partial charge is 0.369 e. The molecular weight excluding hydrogens is 423 g/mol. The van der Waals surface area contributed by atoms with Gasteiger partial charge in [-0.05, 0) is 28.1 Å². The standard InChI is InChI=1S/C13H8BrClF3NO3S/c14-8-2-1-6(3-11(8)23(15,21)22)13(20)19-7-4-9(16)12(18)10(17)5-7/h1-5,13,19-20H. The van der Waals surface area contributed by atoms with Crippen LogP contribution in [-0.4, -0.2) is 13.5 Å². The fourth-order valence-corrected chi connectivity index (χ4v) is 3.88. The maximum absolute atomic E-state index is 13.1. The highest BCUT2D eigenvalue weighted by Crippen LogP contribution is 2.29. The summed E-state index contributed by atoms with van der Waals surface area (Å²) in [6, 6.07) is 5.09. The van der Waals surface area contributed by atoms with Crippen molar-refractivity contribution in [1.29, 1.82) is 0 Å². The van der Waals surface area contributed by atoms with E-state index in [4.69, 9.17) is 10.7 Å². The number of nitrogens with one attached hydrogen (secondary N) is 1. The first kappa shape index (κ1) is 18.1. The van der Waals surface area contributed by atoms with Crippen LogP contribution in [0.5, 0.6) is 0 Å². The van der Waals surface area contributed by atoms with E-state index < -0.39 is 32.7 Å². The minimum atomic E-state index is -4.06. The molecule has 2 rings (SSSR count). The molecule has 10 heteroatoms. The van der Waals surface area contributed by atoms with E-state index in [0.717, 1.165) is 6.07 Å². The van der Waals surface area contributed by atoms with E-state index in [-0.39, 0.29) is 20.6 Å². The third kappa shape index (κ3) is 4.17. The van der Waals surface area contributed by atoms with Crippen molar-refractivity contribution < 1.29 is 26.7 Å². The van der Waals surface area contributed by atoms with Crippen molar-refractivity contribution >= 4 is 41.4 Å². The Bertz CT molecular complexity index is 841. The third-order valence-corrected chi connectivity index (χ3v) is 5.14. The van der Waals surface area contributed by atoms with Gasteiger partial charge in [0.1, 0.15) is 0 Å². The van der Waals surface area contributed by atoms with Crippen LogP contribution in [0.2, 0.25) is 0 Å². The lowest BCUT2D eigenvalue weighted by Gasteiger charge is -2.16. The van der Waals surface area contributed by atoms with Gasteiger partial charge in [-0.25, -0.2) is 21.6 Å². The Morgan fingerprint density at radius 3 is 2.22 bits per heavy atom. The molecule has 2 aromatic carbocycles. The summed E-state index contributed by atoms with van der Waals surface area (Å²) in [5.41, 5.74) is -0.162. The van der Waals surface area contributed by atoms with Gasteiger partial charge >= 0.3 is 0 Å². The summed E-state index contributed by atoms with van der Waals surface area (Å²) >= 11 is 3.00. The molecule has 1 unspecified atom stereocenters. The molecule has 0 fully saturated rings. The summed E-state index contributed by atoms with van der Waals surface area (Å²) in [4.78, 5) is -0.283. The van der Waals surface area contributed by atoms with Gasteiger partial charge in [-0.2, -0.15) is 0 Å². The third-order valence-electron chi connectivity index (χ3n) is 2.82. The van der Waals surface area contributed by atoms with Gasteiger partial charge in [-0.3, -0.25) is 0 Å². The van der Waals surface area contributed by atoms with Crippen LogP contribution in [0.1, 0.15) is 11.8 Å². The molecule has 4 nitrogen and oxygen atoms in total. The zero-order chi connectivity index (χ0) is 17.4. The van der Waals surface area contributed by atoms with Gasteiger partial charge in [0, 0.05) is 38.5 Å². The average molecular weight is 431 g/mol. The Morgan fingerprint density at radius 2 is 1.70 bits per heavy atom. The highest BCUT2D eigenvalue weighted by Gasteiger charge is 2.18. The summed E-state index contributed by atoms with van der Waals surface area (Å²) in [6.07, 6.45) is -1.51. The molecule has 2 aromatic rings. The lowest BCUT2D eigenvalue weighted by Crippen LogP contribution is -2.11. The molecule has 0 radical (unpaired) electrons. The van der Waals surface area contributed by atoms with Crippen molar-refractivity contribution in [3.05, 3.63) is 57.8 Å². The van der Waals surface area contributed by atoms with E-state index in [1.807, 2.05) is 0 Å². The van der Waals surface area contributed by atoms with Gasteiger partial charge in [0.2, 0.25) is 0 Å². The highest BCUT2D eigenvalue weighted by molar-refractivity contribution is 9.10. The Balaban J connectivity index is 2.33. The lowest BCUT2D eigenvalue weighted by molar-refractivity contribution is 0.208. The molecule has 0 bridgehead atoms. The molecule has 23 heavy (non-hydrogen) atoms. The Hall–Kier alpha value is -1.29. The molecule has 0 heterocycles. The molecule has 0 aliphatic heterocycles. The van der Waals surface area contributed by atoms with Crippen molar-refractivity contribution in [3.8, 4) is 0 Å². The molecule has 124 valence electrons. The number of halogens is 5. The van der Waals surface area contributed by atoms with Crippen molar-refractivity contribution in [1.82, 2.24) is 0 Å². The predicted molar refractivity (Wildman–Crippen MR) is 82.1 cm³/mol. The van der Waals surface area contributed by atoms with Crippen LogP contribution in [-0.2, 0) is 9.05 Å². The smallest absolute Gasteiger partial charge is 0.262 e. The molecule has 0 aliphatic rings. The second-order valence-corrected chi connectivity index (χ2v) is 7.82. The Kier molecular flexibility index (Phi) is 5.24. The van der Waals surface area contributed by atoms with Crippen LogP contribution in [0, 0.1) is 17.5 Å². The molecule has 0 saturated heterocycles. The van der Waals surface area contributed by atoms with Gasteiger partial charge in [0.15, 0.2) is 23.7 Å². The fourth-order valence-electron chi connectivity index (χ4n) is 1.76. The zero-order valence-electron chi connectivity index (χ0n) is 11.0. The topological polar surface area (TPSA) is 66.4 Å². The monoisotopic (exact) mass is 429 g/mol. The highest BCUT2D eigenvalue weighted by atomic mass is 79.9. The summed E-state index contributed by atoms with van der Waals surface area (Å²) in [6.45, 7) is 0. The first-order chi connectivity index (χ1) is 10.6. The molecular formula is C13H8BrClF3NO3S. The second-order valence-electron chi connectivity index (χ2n) is 4.43. The molecule has 0 aliphatic carbocycles. The van der Waals surface area contributed by atoms with E-state index in [0.29, 0.717) is 12.1 Å². The summed E-state index contributed by atoms with van der Waals surface area (Å²) in [5, 5.41) is 12.3. The first-order valence-electron chi connectivity index (χ1n) is 5.93. The number of aliphatic hydroxyl groups is 1. The molecule has 0 spiro atoms. The minimum absolute atomic E-state index is 0.0672. The van der Waals surface area contributed by atoms with Crippen molar-refractivity contribution in [2.24, 2.45) is 0 Å². The predicted octanol–water partition coefficient (Wildman–Crippen LogP) is 3.90. The van der Waals surface area contributed by atoms with Crippen LogP contribution in [0.3, 0.4) is 0 Å². The zero-order valence-corrected chi connectivity index (χ0v) is 14.2. The number of aliphatic hydroxyl groups excluding tert-OH is 1. The average Bonchev–Trinajstić information content (AvgIpc) is 2.43. The molecule has 0 aromatic heterocycles. The van der Waals surface area contributed by atoms with E-state index in [9.17, 15) is 26.7 Å². The first-order valence-corrected chi connectivity index (χ1v) is 9.03. The summed E-state index contributed by atoms with van der Waals surface area (Å²) < 4.78 is 62.1.